The summed E-state index contributed by atoms with van der Waals surface area (Å²) in [6, 6.07) is 8.43. The van der Waals surface area contributed by atoms with Crippen LogP contribution in [0.1, 0.15) is 18.4 Å². The molecule has 2 nitrogen and oxygen atoms in total. The molecule has 0 saturated heterocycles. The second-order valence-electron chi connectivity index (χ2n) is 4.42. The van der Waals surface area contributed by atoms with Gasteiger partial charge in [0, 0.05) is 12.0 Å². The van der Waals surface area contributed by atoms with Crippen molar-refractivity contribution in [1.82, 2.24) is 5.32 Å². The van der Waals surface area contributed by atoms with Crippen molar-refractivity contribution >= 4 is 0 Å². The molecule has 0 bridgehead atoms. The third-order valence-electron chi connectivity index (χ3n) is 3.38. The number of allylic oxidation sites excluding steroid dienone is 2. The minimum Gasteiger partial charge on any atom is -0.497 e. The molecule has 0 amide bonds. The summed E-state index contributed by atoms with van der Waals surface area (Å²) in [7, 11) is 3.73. The molecule has 86 valence electrons. The third kappa shape index (κ3) is 1.98. The van der Waals surface area contributed by atoms with Crippen LogP contribution in [0, 0.1) is 0 Å². The fourth-order valence-electron chi connectivity index (χ4n) is 2.47. The van der Waals surface area contributed by atoms with Crippen LogP contribution in [0.25, 0.3) is 0 Å². The molecular weight excluding hydrogens is 198 g/mol. The van der Waals surface area contributed by atoms with Crippen molar-refractivity contribution in [2.45, 2.75) is 18.3 Å². The zero-order chi connectivity index (χ0) is 11.4. The Balaban J connectivity index is 2.31. The lowest BCUT2D eigenvalue weighted by atomic mass is 9.78. The van der Waals surface area contributed by atoms with Gasteiger partial charge in [-0.25, -0.2) is 0 Å². The van der Waals surface area contributed by atoms with E-state index in [2.05, 4.69) is 35.7 Å². The third-order valence-corrected chi connectivity index (χ3v) is 3.38. The van der Waals surface area contributed by atoms with E-state index in [0.717, 1.165) is 25.1 Å². The monoisotopic (exact) mass is 217 g/mol. The van der Waals surface area contributed by atoms with E-state index in [1.54, 1.807) is 7.11 Å². The van der Waals surface area contributed by atoms with E-state index < -0.39 is 0 Å². The van der Waals surface area contributed by atoms with E-state index in [4.69, 9.17) is 4.74 Å². The van der Waals surface area contributed by atoms with E-state index in [1.165, 1.54) is 5.56 Å². The molecule has 0 radical (unpaired) electrons. The minimum absolute atomic E-state index is 0.225. The predicted octanol–water partition coefficient (Wildman–Crippen LogP) is 2.50. The lowest BCUT2D eigenvalue weighted by Gasteiger charge is -2.29. The molecule has 2 rings (SSSR count). The molecule has 1 aliphatic carbocycles. The van der Waals surface area contributed by atoms with Crippen LogP contribution in [0.4, 0.5) is 0 Å². The Kier molecular flexibility index (Phi) is 3.30. The number of hydrogen-bond acceptors (Lipinski definition) is 2. The van der Waals surface area contributed by atoms with Crippen LogP contribution in [0.3, 0.4) is 0 Å². The summed E-state index contributed by atoms with van der Waals surface area (Å²) in [5.74, 6) is 0.944. The smallest absolute Gasteiger partial charge is 0.119 e. The van der Waals surface area contributed by atoms with Crippen molar-refractivity contribution in [2.75, 3.05) is 20.7 Å². The highest BCUT2D eigenvalue weighted by Gasteiger charge is 2.32. The summed E-state index contributed by atoms with van der Waals surface area (Å²) in [5.41, 5.74) is 1.59. The van der Waals surface area contributed by atoms with Crippen LogP contribution in [-0.2, 0) is 5.41 Å². The van der Waals surface area contributed by atoms with Gasteiger partial charge in [-0.15, -0.1) is 0 Å². The van der Waals surface area contributed by atoms with Crippen LogP contribution >= 0.6 is 0 Å². The number of likely N-dealkylation sites (N-methyl/N-ethyl adjacent to an activating group) is 1. The molecule has 0 fully saturated rings. The fourth-order valence-corrected chi connectivity index (χ4v) is 2.47. The fraction of sp³-hybridized carbons (Fsp3) is 0.429. The highest BCUT2D eigenvalue weighted by molar-refractivity contribution is 5.37. The lowest BCUT2D eigenvalue weighted by molar-refractivity contribution is 0.405. The molecule has 2 heteroatoms. The molecule has 1 aliphatic rings. The van der Waals surface area contributed by atoms with Crippen molar-refractivity contribution in [3.05, 3.63) is 42.0 Å². The predicted molar refractivity (Wildman–Crippen MR) is 67.0 cm³/mol. The number of nitrogens with one attached hydrogen (secondary N) is 1. The molecule has 0 unspecified atom stereocenters. The quantitative estimate of drug-likeness (QED) is 0.782. The van der Waals surface area contributed by atoms with Crippen LogP contribution in [0.2, 0.25) is 0 Å². The molecule has 0 saturated carbocycles. The molecule has 0 aromatic heterocycles. The zero-order valence-electron chi connectivity index (χ0n) is 9.99. The summed E-state index contributed by atoms with van der Waals surface area (Å²) >= 11 is 0. The van der Waals surface area contributed by atoms with E-state index in [-0.39, 0.29) is 5.41 Å². The Morgan fingerprint density at radius 2 is 2.06 bits per heavy atom. The Labute approximate surface area is 97.3 Å². The number of hydrogen-bond donors (Lipinski definition) is 1. The molecule has 1 aromatic rings. The van der Waals surface area contributed by atoms with Gasteiger partial charge in [0.15, 0.2) is 0 Å². The average Bonchev–Trinajstić information content (AvgIpc) is 2.80. The van der Waals surface area contributed by atoms with Gasteiger partial charge in [-0.05, 0) is 37.6 Å². The largest absolute Gasteiger partial charge is 0.497 e. The normalized spacial score (nSPS) is 17.6. The topological polar surface area (TPSA) is 21.3 Å². The molecule has 0 aliphatic heterocycles. The van der Waals surface area contributed by atoms with Gasteiger partial charge in [0.2, 0.25) is 0 Å². The van der Waals surface area contributed by atoms with Gasteiger partial charge in [-0.1, -0.05) is 24.3 Å². The maximum Gasteiger partial charge on any atom is 0.119 e. The first-order chi connectivity index (χ1) is 7.80. The van der Waals surface area contributed by atoms with Crippen molar-refractivity contribution in [3.63, 3.8) is 0 Å². The molecule has 0 heterocycles. The number of ether oxygens (including phenoxy) is 1. The number of benzene rings is 1. The Hall–Kier alpha value is -1.28. The van der Waals surface area contributed by atoms with Gasteiger partial charge in [0.25, 0.3) is 0 Å². The van der Waals surface area contributed by atoms with Gasteiger partial charge in [0.1, 0.15) is 5.75 Å². The molecule has 1 N–H and O–H groups in total. The van der Waals surface area contributed by atoms with Crippen molar-refractivity contribution in [3.8, 4) is 5.75 Å². The maximum absolute atomic E-state index is 5.30. The summed E-state index contributed by atoms with van der Waals surface area (Å²) in [5, 5.41) is 3.31. The standard InChI is InChI=1S/C14H19NO/c1-15-11-14(8-3-4-9-14)12-6-5-7-13(10-12)16-2/h3-7,10,15H,8-9,11H2,1-2H3. The summed E-state index contributed by atoms with van der Waals surface area (Å²) in [6.45, 7) is 1.01. The number of methoxy groups -OCH3 is 1. The second-order valence-corrected chi connectivity index (χ2v) is 4.42. The average molecular weight is 217 g/mol. The van der Waals surface area contributed by atoms with Crippen molar-refractivity contribution in [2.24, 2.45) is 0 Å². The first kappa shape index (κ1) is 11.2. The van der Waals surface area contributed by atoms with Gasteiger partial charge in [0.05, 0.1) is 7.11 Å². The van der Waals surface area contributed by atoms with Crippen LogP contribution < -0.4 is 10.1 Å². The zero-order valence-corrected chi connectivity index (χ0v) is 9.99. The first-order valence-corrected chi connectivity index (χ1v) is 5.75. The SMILES string of the molecule is CNCC1(c2cccc(OC)c2)CC=CC1. The van der Waals surface area contributed by atoms with Crippen molar-refractivity contribution in [1.29, 1.82) is 0 Å². The van der Waals surface area contributed by atoms with Gasteiger partial charge in [-0.3, -0.25) is 0 Å². The number of rotatable bonds is 4. The van der Waals surface area contributed by atoms with Crippen LogP contribution in [-0.4, -0.2) is 20.7 Å². The molecular formula is C14H19NO. The Morgan fingerprint density at radius 1 is 1.31 bits per heavy atom. The maximum atomic E-state index is 5.30. The van der Waals surface area contributed by atoms with E-state index >= 15 is 0 Å². The first-order valence-electron chi connectivity index (χ1n) is 5.75. The summed E-state index contributed by atoms with van der Waals surface area (Å²) < 4.78 is 5.30. The minimum atomic E-state index is 0.225. The van der Waals surface area contributed by atoms with Gasteiger partial charge >= 0.3 is 0 Å². The summed E-state index contributed by atoms with van der Waals surface area (Å²) in [4.78, 5) is 0. The van der Waals surface area contributed by atoms with E-state index in [1.807, 2.05) is 13.1 Å². The summed E-state index contributed by atoms with van der Waals surface area (Å²) in [6.07, 6.45) is 6.77. The highest BCUT2D eigenvalue weighted by atomic mass is 16.5. The molecule has 1 aromatic carbocycles. The Bertz CT molecular complexity index is 376. The highest BCUT2D eigenvalue weighted by Crippen LogP contribution is 2.37. The van der Waals surface area contributed by atoms with Gasteiger partial charge < -0.3 is 10.1 Å². The van der Waals surface area contributed by atoms with Gasteiger partial charge in [-0.2, -0.15) is 0 Å². The van der Waals surface area contributed by atoms with Crippen molar-refractivity contribution < 1.29 is 4.74 Å². The second kappa shape index (κ2) is 4.71. The molecule has 16 heavy (non-hydrogen) atoms. The van der Waals surface area contributed by atoms with Crippen LogP contribution in [0.15, 0.2) is 36.4 Å². The van der Waals surface area contributed by atoms with E-state index in [0.29, 0.717) is 0 Å². The Morgan fingerprint density at radius 3 is 2.69 bits per heavy atom. The lowest BCUT2D eigenvalue weighted by Crippen LogP contribution is -2.34. The van der Waals surface area contributed by atoms with E-state index in [9.17, 15) is 0 Å². The molecule has 0 atom stereocenters. The molecule has 0 spiro atoms. The van der Waals surface area contributed by atoms with Crippen LogP contribution in [0.5, 0.6) is 5.75 Å².